The number of aromatic nitrogens is 1. The second-order valence-electron chi connectivity index (χ2n) is 4.02. The van der Waals surface area contributed by atoms with Gasteiger partial charge in [-0.3, -0.25) is 4.79 Å². The zero-order valence-corrected chi connectivity index (χ0v) is 11.6. The number of hydrogen-bond donors (Lipinski definition) is 1. The lowest BCUT2D eigenvalue weighted by Crippen LogP contribution is -2.25. The highest BCUT2D eigenvalue weighted by Crippen LogP contribution is 2.12. The van der Waals surface area contributed by atoms with Crippen molar-refractivity contribution < 1.29 is 9.53 Å². The summed E-state index contributed by atoms with van der Waals surface area (Å²) in [4.78, 5) is 16.1. The third kappa shape index (κ3) is 5.02. The molecule has 100 valence electrons. The third-order valence-electron chi connectivity index (χ3n) is 2.43. The molecule has 0 atom stereocenters. The largest absolute Gasteiger partial charge is 0.385 e. The van der Waals surface area contributed by atoms with Crippen molar-refractivity contribution in [2.75, 3.05) is 20.3 Å². The van der Waals surface area contributed by atoms with Gasteiger partial charge in [-0.1, -0.05) is 24.9 Å². The monoisotopic (exact) mass is 270 g/mol. The third-order valence-corrected chi connectivity index (χ3v) is 2.62. The molecule has 1 heterocycles. The van der Waals surface area contributed by atoms with Crippen LogP contribution in [0.2, 0.25) is 5.15 Å². The normalized spacial score (nSPS) is 10.4. The van der Waals surface area contributed by atoms with Crippen molar-refractivity contribution in [2.24, 2.45) is 0 Å². The molecule has 1 amide bonds. The molecule has 1 rings (SSSR count). The van der Waals surface area contributed by atoms with Crippen molar-refractivity contribution in [1.82, 2.24) is 10.3 Å². The van der Waals surface area contributed by atoms with E-state index in [9.17, 15) is 4.79 Å². The topological polar surface area (TPSA) is 51.2 Å². The van der Waals surface area contributed by atoms with Crippen molar-refractivity contribution >= 4 is 17.5 Å². The minimum atomic E-state index is -0.118. The van der Waals surface area contributed by atoms with Gasteiger partial charge in [0.1, 0.15) is 5.15 Å². The maximum absolute atomic E-state index is 11.9. The lowest BCUT2D eigenvalue weighted by Gasteiger charge is -2.07. The Bertz CT molecular complexity index is 397. The fraction of sp³-hybridized carbons (Fsp3) is 0.538. The Kier molecular flexibility index (Phi) is 6.68. The van der Waals surface area contributed by atoms with E-state index in [0.717, 1.165) is 25.0 Å². The van der Waals surface area contributed by atoms with Crippen LogP contribution in [0.4, 0.5) is 0 Å². The number of nitrogens with one attached hydrogen (secondary N) is 1. The molecule has 0 bridgehead atoms. The van der Waals surface area contributed by atoms with E-state index in [1.165, 1.54) is 0 Å². The summed E-state index contributed by atoms with van der Waals surface area (Å²) in [6, 6.07) is 3.38. The Morgan fingerprint density at radius 1 is 1.50 bits per heavy atom. The summed E-state index contributed by atoms with van der Waals surface area (Å²) >= 11 is 5.90. The summed E-state index contributed by atoms with van der Waals surface area (Å²) in [5.74, 6) is -0.118. The van der Waals surface area contributed by atoms with E-state index in [2.05, 4.69) is 17.2 Å². The summed E-state index contributed by atoms with van der Waals surface area (Å²) in [6.07, 6.45) is 2.59. The zero-order valence-electron chi connectivity index (χ0n) is 10.8. The molecule has 0 aliphatic rings. The predicted molar refractivity (Wildman–Crippen MR) is 72.1 cm³/mol. The Morgan fingerprint density at radius 2 is 2.28 bits per heavy atom. The van der Waals surface area contributed by atoms with E-state index in [1.54, 1.807) is 19.2 Å². The first kappa shape index (κ1) is 14.9. The van der Waals surface area contributed by atoms with Gasteiger partial charge in [-0.25, -0.2) is 4.98 Å². The van der Waals surface area contributed by atoms with Gasteiger partial charge in [-0.15, -0.1) is 0 Å². The molecule has 0 spiro atoms. The van der Waals surface area contributed by atoms with Crippen molar-refractivity contribution in [3.63, 3.8) is 0 Å². The average Bonchev–Trinajstić information content (AvgIpc) is 2.34. The van der Waals surface area contributed by atoms with Gasteiger partial charge in [-0.2, -0.15) is 0 Å². The standard InChI is InChI=1S/C13H19ClN2O2/c1-3-5-11-8-10(9-12(14)16-11)13(17)15-6-4-7-18-2/h8-9H,3-7H2,1-2H3,(H,15,17). The fourth-order valence-electron chi connectivity index (χ4n) is 1.59. The molecule has 0 aromatic carbocycles. The Labute approximate surface area is 113 Å². The number of ether oxygens (including phenoxy) is 1. The molecule has 1 N–H and O–H groups in total. The minimum Gasteiger partial charge on any atom is -0.385 e. The van der Waals surface area contributed by atoms with Crippen LogP contribution in [-0.4, -0.2) is 31.2 Å². The number of carbonyl (C=O) groups is 1. The SMILES string of the molecule is CCCc1cc(C(=O)NCCCOC)cc(Cl)n1. The summed E-state index contributed by atoms with van der Waals surface area (Å²) < 4.78 is 4.92. The van der Waals surface area contributed by atoms with Crippen LogP contribution in [0, 0.1) is 0 Å². The Balaban J connectivity index is 2.61. The van der Waals surface area contributed by atoms with Crippen LogP contribution in [0.15, 0.2) is 12.1 Å². The van der Waals surface area contributed by atoms with Gasteiger partial charge in [0.2, 0.25) is 0 Å². The lowest BCUT2D eigenvalue weighted by molar-refractivity contribution is 0.0948. The maximum atomic E-state index is 11.9. The molecule has 1 aromatic heterocycles. The quantitative estimate of drug-likeness (QED) is 0.612. The fourth-order valence-corrected chi connectivity index (χ4v) is 1.81. The number of hydrogen-bond acceptors (Lipinski definition) is 3. The van der Waals surface area contributed by atoms with Gasteiger partial charge in [-0.05, 0) is 25.0 Å². The van der Waals surface area contributed by atoms with Gasteiger partial charge in [0, 0.05) is 31.5 Å². The smallest absolute Gasteiger partial charge is 0.251 e. The first-order chi connectivity index (χ1) is 8.67. The molecule has 0 aliphatic heterocycles. The summed E-state index contributed by atoms with van der Waals surface area (Å²) in [5, 5.41) is 3.19. The van der Waals surface area contributed by atoms with Crippen molar-refractivity contribution in [3.8, 4) is 0 Å². The Hall–Kier alpha value is -1.13. The second kappa shape index (κ2) is 8.06. The van der Waals surface area contributed by atoms with Crippen molar-refractivity contribution in [1.29, 1.82) is 0 Å². The number of pyridine rings is 1. The van der Waals surface area contributed by atoms with Gasteiger partial charge < -0.3 is 10.1 Å². The van der Waals surface area contributed by atoms with E-state index in [1.807, 2.05) is 0 Å². The van der Waals surface area contributed by atoms with Gasteiger partial charge >= 0.3 is 0 Å². The molecular formula is C13H19ClN2O2. The van der Waals surface area contributed by atoms with Crippen molar-refractivity contribution in [3.05, 3.63) is 28.5 Å². The number of amides is 1. The molecule has 0 saturated heterocycles. The van der Waals surface area contributed by atoms with Crippen LogP contribution in [0.5, 0.6) is 0 Å². The molecule has 5 heteroatoms. The van der Waals surface area contributed by atoms with E-state index < -0.39 is 0 Å². The Morgan fingerprint density at radius 3 is 2.94 bits per heavy atom. The number of halogens is 1. The molecule has 0 radical (unpaired) electrons. The lowest BCUT2D eigenvalue weighted by atomic mass is 10.1. The highest BCUT2D eigenvalue weighted by Gasteiger charge is 2.08. The number of rotatable bonds is 7. The molecule has 18 heavy (non-hydrogen) atoms. The van der Waals surface area contributed by atoms with Crippen LogP contribution < -0.4 is 5.32 Å². The highest BCUT2D eigenvalue weighted by atomic mass is 35.5. The number of nitrogens with zero attached hydrogens (tertiary/aromatic N) is 1. The van der Waals surface area contributed by atoms with Crippen LogP contribution in [-0.2, 0) is 11.2 Å². The van der Waals surface area contributed by atoms with Crippen LogP contribution in [0.3, 0.4) is 0 Å². The van der Waals surface area contributed by atoms with E-state index in [-0.39, 0.29) is 5.91 Å². The van der Waals surface area contributed by atoms with E-state index in [4.69, 9.17) is 16.3 Å². The molecule has 0 saturated carbocycles. The minimum absolute atomic E-state index is 0.118. The van der Waals surface area contributed by atoms with E-state index >= 15 is 0 Å². The first-order valence-electron chi connectivity index (χ1n) is 6.11. The number of methoxy groups -OCH3 is 1. The van der Waals surface area contributed by atoms with E-state index in [0.29, 0.717) is 23.9 Å². The van der Waals surface area contributed by atoms with Crippen LogP contribution in [0.25, 0.3) is 0 Å². The summed E-state index contributed by atoms with van der Waals surface area (Å²) in [5.41, 5.74) is 1.42. The molecule has 0 fully saturated rings. The molecule has 0 unspecified atom stereocenters. The number of aryl methyl sites for hydroxylation is 1. The highest BCUT2D eigenvalue weighted by molar-refractivity contribution is 6.29. The molecule has 4 nitrogen and oxygen atoms in total. The summed E-state index contributed by atoms with van der Waals surface area (Å²) in [6.45, 7) is 3.29. The molecule has 1 aromatic rings. The average molecular weight is 271 g/mol. The van der Waals surface area contributed by atoms with Gasteiger partial charge in [0.15, 0.2) is 0 Å². The second-order valence-corrected chi connectivity index (χ2v) is 4.41. The zero-order chi connectivity index (χ0) is 13.4. The van der Waals surface area contributed by atoms with Crippen molar-refractivity contribution in [2.45, 2.75) is 26.2 Å². The molecular weight excluding hydrogens is 252 g/mol. The van der Waals surface area contributed by atoms with Gasteiger partial charge in [0.25, 0.3) is 5.91 Å². The summed E-state index contributed by atoms with van der Waals surface area (Å²) in [7, 11) is 1.64. The first-order valence-corrected chi connectivity index (χ1v) is 6.48. The van der Waals surface area contributed by atoms with Crippen LogP contribution >= 0.6 is 11.6 Å². The van der Waals surface area contributed by atoms with Crippen LogP contribution in [0.1, 0.15) is 35.8 Å². The predicted octanol–water partition coefficient (Wildman–Crippen LogP) is 2.45. The van der Waals surface area contributed by atoms with Gasteiger partial charge in [0.05, 0.1) is 0 Å². The maximum Gasteiger partial charge on any atom is 0.251 e. The number of carbonyl (C=O) groups excluding carboxylic acids is 1. The molecule has 0 aliphatic carbocycles.